The van der Waals surface area contributed by atoms with Gasteiger partial charge in [0, 0.05) is 56.9 Å². The zero-order valence-electron chi connectivity index (χ0n) is 10.3. The van der Waals surface area contributed by atoms with Crippen LogP contribution in [0.2, 0.25) is 0 Å². The number of anilines is 1. The minimum atomic E-state index is 0.224. The molecule has 0 aromatic carbocycles. The monoisotopic (exact) mass is 223 g/mol. The lowest BCUT2D eigenvalue weighted by Crippen LogP contribution is -2.27. The molecule has 1 unspecified atom stereocenters. The summed E-state index contributed by atoms with van der Waals surface area (Å²) in [5.41, 5.74) is 2.36. The lowest BCUT2D eigenvalue weighted by Gasteiger charge is -2.19. The predicted octanol–water partition coefficient (Wildman–Crippen LogP) is 1.01. The minimum Gasteiger partial charge on any atom is -0.396 e. The van der Waals surface area contributed by atoms with Crippen LogP contribution in [0.1, 0.15) is 18.9 Å². The molecule has 0 spiro atoms. The van der Waals surface area contributed by atoms with Gasteiger partial charge >= 0.3 is 0 Å². The molecule has 1 atom stereocenters. The van der Waals surface area contributed by atoms with Crippen molar-refractivity contribution in [3.63, 3.8) is 0 Å². The molecule has 16 heavy (non-hydrogen) atoms. The Morgan fingerprint density at radius 1 is 1.50 bits per heavy atom. The zero-order valence-corrected chi connectivity index (χ0v) is 10.3. The number of aromatic nitrogens is 1. The Bertz CT molecular complexity index is 315. The first kappa shape index (κ1) is 12.9. The Morgan fingerprint density at radius 3 is 2.88 bits per heavy atom. The third kappa shape index (κ3) is 3.79. The van der Waals surface area contributed by atoms with Gasteiger partial charge in [-0.05, 0) is 19.4 Å². The van der Waals surface area contributed by atoms with E-state index < -0.39 is 0 Å². The van der Waals surface area contributed by atoms with Crippen LogP contribution in [0.5, 0.6) is 0 Å². The molecular formula is C12H21N3O. The van der Waals surface area contributed by atoms with E-state index in [9.17, 15) is 0 Å². The number of aliphatic hydroxyl groups excluding tert-OH is 1. The average molecular weight is 223 g/mol. The summed E-state index contributed by atoms with van der Waals surface area (Å²) in [6.07, 6.45) is 4.46. The van der Waals surface area contributed by atoms with Gasteiger partial charge in [-0.25, -0.2) is 0 Å². The molecule has 1 heterocycles. The van der Waals surface area contributed by atoms with Gasteiger partial charge in [0.05, 0.1) is 0 Å². The van der Waals surface area contributed by atoms with E-state index >= 15 is 0 Å². The molecule has 1 aromatic heterocycles. The molecule has 0 saturated heterocycles. The third-order valence-electron chi connectivity index (χ3n) is 2.56. The van der Waals surface area contributed by atoms with E-state index in [0.717, 1.165) is 13.0 Å². The molecular weight excluding hydrogens is 202 g/mol. The van der Waals surface area contributed by atoms with Gasteiger partial charge < -0.3 is 15.3 Å². The summed E-state index contributed by atoms with van der Waals surface area (Å²) in [5, 5.41) is 12.2. The molecule has 1 aromatic rings. The van der Waals surface area contributed by atoms with Crippen LogP contribution in [-0.2, 0) is 6.54 Å². The van der Waals surface area contributed by atoms with Gasteiger partial charge in [-0.2, -0.15) is 0 Å². The van der Waals surface area contributed by atoms with Crippen molar-refractivity contribution in [1.82, 2.24) is 10.3 Å². The Hall–Kier alpha value is -1.13. The Balaban J connectivity index is 2.59. The molecule has 4 heteroatoms. The second-order valence-corrected chi connectivity index (χ2v) is 4.19. The summed E-state index contributed by atoms with van der Waals surface area (Å²) in [7, 11) is 4.05. The number of nitrogens with zero attached hydrogens (tertiary/aromatic N) is 2. The van der Waals surface area contributed by atoms with Crippen LogP contribution in [0.3, 0.4) is 0 Å². The van der Waals surface area contributed by atoms with Gasteiger partial charge in [-0.3, -0.25) is 4.98 Å². The van der Waals surface area contributed by atoms with Gasteiger partial charge in [0.2, 0.25) is 0 Å². The standard InChI is InChI=1S/C12H21N3O/c1-10(5-7-16)14-9-11-8-13-6-4-12(11)15(2)3/h4,6,8,10,14,16H,5,7,9H2,1-3H3. The molecule has 0 aliphatic rings. The van der Waals surface area contributed by atoms with Gasteiger partial charge in [0.25, 0.3) is 0 Å². The average Bonchev–Trinajstić information content (AvgIpc) is 2.27. The zero-order chi connectivity index (χ0) is 12.0. The van der Waals surface area contributed by atoms with Crippen molar-refractivity contribution in [2.75, 3.05) is 25.6 Å². The predicted molar refractivity (Wildman–Crippen MR) is 66.6 cm³/mol. The summed E-state index contributed by atoms with van der Waals surface area (Å²) in [4.78, 5) is 6.21. The second-order valence-electron chi connectivity index (χ2n) is 4.19. The van der Waals surface area contributed by atoms with Crippen LogP contribution in [0.4, 0.5) is 5.69 Å². The normalized spacial score (nSPS) is 12.5. The maximum Gasteiger partial charge on any atom is 0.0445 e. The topological polar surface area (TPSA) is 48.4 Å². The number of hydrogen-bond donors (Lipinski definition) is 2. The summed E-state index contributed by atoms with van der Waals surface area (Å²) in [6.45, 7) is 3.08. The Labute approximate surface area is 97.3 Å². The van der Waals surface area contributed by atoms with E-state index in [1.165, 1.54) is 11.3 Å². The fraction of sp³-hybridized carbons (Fsp3) is 0.583. The van der Waals surface area contributed by atoms with E-state index in [1.807, 2.05) is 26.4 Å². The molecule has 0 radical (unpaired) electrons. The van der Waals surface area contributed by atoms with Crippen molar-refractivity contribution < 1.29 is 5.11 Å². The maximum absolute atomic E-state index is 8.82. The molecule has 0 aliphatic heterocycles. The van der Waals surface area contributed by atoms with Crippen molar-refractivity contribution in [3.05, 3.63) is 24.0 Å². The fourth-order valence-electron chi connectivity index (χ4n) is 1.57. The number of hydrogen-bond acceptors (Lipinski definition) is 4. The molecule has 0 fully saturated rings. The van der Waals surface area contributed by atoms with Crippen molar-refractivity contribution in [2.24, 2.45) is 0 Å². The Kier molecular flexibility index (Phi) is 5.22. The molecule has 0 saturated carbocycles. The summed E-state index contributed by atoms with van der Waals surface area (Å²) in [5.74, 6) is 0. The van der Waals surface area contributed by atoms with Gasteiger partial charge in [0.1, 0.15) is 0 Å². The number of rotatable bonds is 6. The highest BCUT2D eigenvalue weighted by molar-refractivity contribution is 5.50. The van der Waals surface area contributed by atoms with Crippen LogP contribution in [0, 0.1) is 0 Å². The van der Waals surface area contributed by atoms with Crippen molar-refractivity contribution in [1.29, 1.82) is 0 Å². The van der Waals surface area contributed by atoms with E-state index in [2.05, 4.69) is 22.1 Å². The SMILES string of the molecule is CC(CCO)NCc1cnccc1N(C)C. The van der Waals surface area contributed by atoms with Crippen LogP contribution in [0.15, 0.2) is 18.5 Å². The molecule has 0 amide bonds. The smallest absolute Gasteiger partial charge is 0.0445 e. The highest BCUT2D eigenvalue weighted by Crippen LogP contribution is 2.16. The van der Waals surface area contributed by atoms with Crippen LogP contribution in [0.25, 0.3) is 0 Å². The van der Waals surface area contributed by atoms with Crippen molar-refractivity contribution >= 4 is 5.69 Å². The number of pyridine rings is 1. The lowest BCUT2D eigenvalue weighted by atomic mass is 10.2. The van der Waals surface area contributed by atoms with E-state index in [1.54, 1.807) is 6.20 Å². The molecule has 2 N–H and O–H groups in total. The van der Waals surface area contributed by atoms with E-state index in [0.29, 0.717) is 6.04 Å². The molecule has 90 valence electrons. The molecule has 1 rings (SSSR count). The van der Waals surface area contributed by atoms with Crippen LogP contribution >= 0.6 is 0 Å². The van der Waals surface area contributed by atoms with Gasteiger partial charge in [-0.15, -0.1) is 0 Å². The molecule has 0 bridgehead atoms. The third-order valence-corrected chi connectivity index (χ3v) is 2.56. The second kappa shape index (κ2) is 6.45. The van der Waals surface area contributed by atoms with Crippen LogP contribution in [-0.4, -0.2) is 36.8 Å². The van der Waals surface area contributed by atoms with Gasteiger partial charge in [0.15, 0.2) is 0 Å². The summed E-state index contributed by atoms with van der Waals surface area (Å²) < 4.78 is 0. The summed E-state index contributed by atoms with van der Waals surface area (Å²) in [6, 6.07) is 2.33. The van der Waals surface area contributed by atoms with E-state index in [-0.39, 0.29) is 6.61 Å². The van der Waals surface area contributed by atoms with Crippen molar-refractivity contribution in [3.8, 4) is 0 Å². The first-order chi connectivity index (χ1) is 7.65. The number of nitrogens with one attached hydrogen (secondary N) is 1. The number of aliphatic hydroxyl groups is 1. The largest absolute Gasteiger partial charge is 0.396 e. The molecule has 4 nitrogen and oxygen atoms in total. The fourth-order valence-corrected chi connectivity index (χ4v) is 1.57. The van der Waals surface area contributed by atoms with Crippen LogP contribution < -0.4 is 10.2 Å². The maximum atomic E-state index is 8.82. The molecule has 0 aliphatic carbocycles. The van der Waals surface area contributed by atoms with Gasteiger partial charge in [-0.1, -0.05) is 0 Å². The van der Waals surface area contributed by atoms with Crippen molar-refractivity contribution in [2.45, 2.75) is 25.9 Å². The quantitative estimate of drug-likeness (QED) is 0.755. The lowest BCUT2D eigenvalue weighted by molar-refractivity contribution is 0.268. The first-order valence-electron chi connectivity index (χ1n) is 5.59. The van der Waals surface area contributed by atoms with E-state index in [4.69, 9.17) is 5.11 Å². The Morgan fingerprint density at radius 2 is 2.25 bits per heavy atom. The first-order valence-corrected chi connectivity index (χ1v) is 5.59. The highest BCUT2D eigenvalue weighted by Gasteiger charge is 2.06. The summed E-state index contributed by atoms with van der Waals surface area (Å²) >= 11 is 0. The highest BCUT2D eigenvalue weighted by atomic mass is 16.3. The minimum absolute atomic E-state index is 0.224.